The van der Waals surface area contributed by atoms with Crippen LogP contribution < -0.4 is 0 Å². The van der Waals surface area contributed by atoms with Gasteiger partial charge in [-0.25, -0.2) is 0 Å². The van der Waals surface area contributed by atoms with Crippen molar-refractivity contribution in [1.29, 1.82) is 0 Å². The Morgan fingerprint density at radius 1 is 0.907 bits per heavy atom. The zero-order chi connectivity index (χ0) is 31.0. The van der Waals surface area contributed by atoms with E-state index < -0.39 is 36.0 Å². The predicted octanol–water partition coefficient (Wildman–Crippen LogP) is 4.32. The summed E-state index contributed by atoms with van der Waals surface area (Å²) in [4.78, 5) is 0. The van der Waals surface area contributed by atoms with Crippen LogP contribution >= 0.6 is 0 Å². The highest BCUT2D eigenvalue weighted by Gasteiger charge is 2.80. The second kappa shape index (κ2) is 9.72. The summed E-state index contributed by atoms with van der Waals surface area (Å²) in [6, 6.07) is 0. The zero-order valence-corrected chi connectivity index (χ0v) is 27.3. The Hall–Kier alpha value is -0.580. The molecule has 7 fully saturated rings. The molecule has 2 spiro atoms. The van der Waals surface area contributed by atoms with Gasteiger partial charge in [0, 0.05) is 24.2 Å². The SMILES string of the molecule is CC(C)=C[C@@H]1C[C@](C)(O)[C@@H]2[C@H]3CC[C@@H]4[C@@]5(C)CC[C@H](O[C@@H]6OC[C@H](O)[C@H](O)[C@H]6O)C(C)(C)[C@@H]5CC[C@@]4(C)[C@@]34CO[C@@]2(C4)O1. The molecule has 15 atom stereocenters. The minimum Gasteiger partial charge on any atom is -0.390 e. The largest absolute Gasteiger partial charge is 0.390 e. The van der Waals surface area contributed by atoms with Crippen molar-refractivity contribution in [1.82, 2.24) is 0 Å². The lowest BCUT2D eigenvalue weighted by Gasteiger charge is -2.70. The molecule has 7 aliphatic rings. The highest BCUT2D eigenvalue weighted by molar-refractivity contribution is 5.26. The standard InChI is InChI=1S/C35H56O8/c1-19(2)14-20-15-33(7,39)28-21-8-9-24-31(5)12-11-25(42-29-27(38)26(37)22(36)16-40-29)30(3,4)23(31)10-13-32(24,6)34(21)17-35(28,43-20)41-18-34/h14,20-29,36-39H,8-13,15-18H2,1-7H3/t20-,21-,22+,23+,24-,25+,26+,27-,28+,29+,31+,32-,33+,34+,35+/m1/s1. The second-order valence-electron chi connectivity index (χ2n) is 17.4. The molecule has 43 heavy (non-hydrogen) atoms. The van der Waals surface area contributed by atoms with Crippen molar-refractivity contribution in [3.8, 4) is 0 Å². The molecule has 3 heterocycles. The van der Waals surface area contributed by atoms with Crippen LogP contribution in [0.2, 0.25) is 0 Å². The van der Waals surface area contributed by atoms with Gasteiger partial charge in [0.2, 0.25) is 0 Å². The Bertz CT molecular complexity index is 1150. The minimum atomic E-state index is -1.27. The van der Waals surface area contributed by atoms with Gasteiger partial charge in [-0.3, -0.25) is 0 Å². The van der Waals surface area contributed by atoms with Gasteiger partial charge in [0.25, 0.3) is 0 Å². The van der Waals surface area contributed by atoms with E-state index in [-0.39, 0.29) is 46.4 Å². The van der Waals surface area contributed by atoms with Crippen molar-refractivity contribution in [3.05, 3.63) is 11.6 Å². The number of ether oxygens (including phenoxy) is 4. The van der Waals surface area contributed by atoms with Crippen molar-refractivity contribution in [3.63, 3.8) is 0 Å². The molecule has 0 aromatic heterocycles. The molecule has 7 rings (SSSR count). The van der Waals surface area contributed by atoms with Crippen LogP contribution in [0, 0.1) is 45.3 Å². The maximum absolute atomic E-state index is 12.0. The van der Waals surface area contributed by atoms with E-state index in [9.17, 15) is 20.4 Å². The number of aliphatic hydroxyl groups is 4. The summed E-state index contributed by atoms with van der Waals surface area (Å²) in [5, 5.41) is 42.8. The van der Waals surface area contributed by atoms with Crippen LogP contribution in [0.1, 0.15) is 99.8 Å². The van der Waals surface area contributed by atoms with E-state index in [2.05, 4.69) is 47.6 Å². The molecule has 4 saturated carbocycles. The topological polar surface area (TPSA) is 118 Å². The van der Waals surface area contributed by atoms with Gasteiger partial charge in [-0.15, -0.1) is 0 Å². The van der Waals surface area contributed by atoms with Gasteiger partial charge < -0.3 is 39.4 Å². The predicted molar refractivity (Wildman–Crippen MR) is 160 cm³/mol. The quantitative estimate of drug-likeness (QED) is 0.278. The molecule has 0 aromatic carbocycles. The number of rotatable bonds is 3. The van der Waals surface area contributed by atoms with E-state index in [4.69, 9.17) is 18.9 Å². The average Bonchev–Trinajstić information content (AvgIpc) is 3.42. The highest BCUT2D eigenvalue weighted by atomic mass is 16.7. The van der Waals surface area contributed by atoms with E-state index in [0.717, 1.165) is 51.6 Å². The molecule has 244 valence electrons. The third kappa shape index (κ3) is 4.09. The Morgan fingerprint density at radius 2 is 1.65 bits per heavy atom. The Kier molecular flexibility index (Phi) is 7.02. The zero-order valence-electron chi connectivity index (χ0n) is 27.3. The Labute approximate surface area is 257 Å². The van der Waals surface area contributed by atoms with Gasteiger partial charge in [-0.1, -0.05) is 39.3 Å². The lowest BCUT2D eigenvalue weighted by atomic mass is 9.35. The molecular weight excluding hydrogens is 548 g/mol. The van der Waals surface area contributed by atoms with Gasteiger partial charge in [0.05, 0.1) is 31.0 Å². The van der Waals surface area contributed by atoms with Gasteiger partial charge in [0.1, 0.15) is 18.3 Å². The van der Waals surface area contributed by atoms with Crippen LogP contribution in [0.25, 0.3) is 0 Å². The number of hydrogen-bond acceptors (Lipinski definition) is 8. The number of aliphatic hydroxyl groups excluding tert-OH is 3. The fourth-order valence-electron chi connectivity index (χ4n) is 12.9. The number of hydrogen-bond donors (Lipinski definition) is 4. The Morgan fingerprint density at radius 3 is 2.37 bits per heavy atom. The summed E-state index contributed by atoms with van der Waals surface area (Å²) in [5.41, 5.74) is 0.410. The molecular formula is C35H56O8. The molecule has 0 aromatic rings. The molecule has 3 aliphatic heterocycles. The first-order valence-electron chi connectivity index (χ1n) is 17.0. The first-order valence-corrected chi connectivity index (χ1v) is 17.0. The second-order valence-corrected chi connectivity index (χ2v) is 17.4. The molecule has 8 heteroatoms. The van der Waals surface area contributed by atoms with Gasteiger partial charge in [0.15, 0.2) is 12.1 Å². The molecule has 0 radical (unpaired) electrons. The lowest BCUT2D eigenvalue weighted by Crippen LogP contribution is -2.67. The van der Waals surface area contributed by atoms with Crippen LogP contribution in [0.5, 0.6) is 0 Å². The highest BCUT2D eigenvalue weighted by Crippen LogP contribution is 2.80. The normalized spacial score (nSPS) is 58.6. The van der Waals surface area contributed by atoms with Crippen LogP contribution in [-0.2, 0) is 18.9 Å². The summed E-state index contributed by atoms with van der Waals surface area (Å²) >= 11 is 0. The number of allylic oxidation sites excluding steroid dienone is 1. The van der Waals surface area contributed by atoms with Crippen LogP contribution in [0.3, 0.4) is 0 Å². The van der Waals surface area contributed by atoms with Gasteiger partial charge >= 0.3 is 0 Å². The summed E-state index contributed by atoms with van der Waals surface area (Å²) in [7, 11) is 0. The minimum absolute atomic E-state index is 0.00441. The summed E-state index contributed by atoms with van der Waals surface area (Å²) in [5.74, 6) is 0.645. The van der Waals surface area contributed by atoms with Crippen LogP contribution in [-0.4, -0.2) is 81.8 Å². The molecule has 3 saturated heterocycles. The fraction of sp³-hybridized carbons (Fsp3) is 0.943. The van der Waals surface area contributed by atoms with E-state index in [0.29, 0.717) is 24.2 Å². The monoisotopic (exact) mass is 604 g/mol. The molecule has 4 N–H and O–H groups in total. The molecule has 0 amide bonds. The van der Waals surface area contributed by atoms with Crippen molar-refractivity contribution < 1.29 is 39.4 Å². The van der Waals surface area contributed by atoms with Crippen molar-refractivity contribution in [2.24, 2.45) is 45.3 Å². The molecule has 8 nitrogen and oxygen atoms in total. The van der Waals surface area contributed by atoms with Crippen molar-refractivity contribution in [2.45, 2.75) is 148 Å². The van der Waals surface area contributed by atoms with Gasteiger partial charge in [-0.05, 0) is 93.3 Å². The lowest BCUT2D eigenvalue weighted by molar-refractivity contribution is -0.341. The molecule has 4 aliphatic carbocycles. The summed E-state index contributed by atoms with van der Waals surface area (Å²) in [6.07, 6.45) is 5.20. The smallest absolute Gasteiger partial charge is 0.186 e. The van der Waals surface area contributed by atoms with Crippen molar-refractivity contribution in [2.75, 3.05) is 13.2 Å². The van der Waals surface area contributed by atoms with E-state index >= 15 is 0 Å². The number of fused-ring (bicyclic) bond motifs is 4. The van der Waals surface area contributed by atoms with Crippen LogP contribution in [0.15, 0.2) is 11.6 Å². The maximum Gasteiger partial charge on any atom is 0.186 e. The first-order chi connectivity index (χ1) is 20.0. The molecule has 2 bridgehead atoms. The van der Waals surface area contributed by atoms with Crippen LogP contribution in [0.4, 0.5) is 0 Å². The first kappa shape index (κ1) is 31.0. The van der Waals surface area contributed by atoms with E-state index in [1.54, 1.807) is 0 Å². The molecule has 0 unspecified atom stereocenters. The third-order valence-corrected chi connectivity index (χ3v) is 14.5. The average molecular weight is 605 g/mol. The van der Waals surface area contributed by atoms with E-state index in [1.165, 1.54) is 5.57 Å². The van der Waals surface area contributed by atoms with Gasteiger partial charge in [-0.2, -0.15) is 0 Å². The Balaban J connectivity index is 1.17. The summed E-state index contributed by atoms with van der Waals surface area (Å²) in [6.45, 7) is 16.6. The van der Waals surface area contributed by atoms with Crippen molar-refractivity contribution >= 4 is 0 Å². The fourth-order valence-corrected chi connectivity index (χ4v) is 12.9. The maximum atomic E-state index is 12.0. The van der Waals surface area contributed by atoms with E-state index in [1.807, 2.05) is 6.92 Å². The third-order valence-electron chi connectivity index (χ3n) is 14.5. The summed E-state index contributed by atoms with van der Waals surface area (Å²) < 4.78 is 25.8.